The van der Waals surface area contributed by atoms with Gasteiger partial charge in [0.15, 0.2) is 0 Å². The average Bonchev–Trinajstić information content (AvgIpc) is 1.97. The highest BCUT2D eigenvalue weighted by molar-refractivity contribution is 5.72. The Morgan fingerprint density at radius 1 is 1.27 bits per heavy atom. The van der Waals surface area contributed by atoms with E-state index in [1.165, 1.54) is 0 Å². The van der Waals surface area contributed by atoms with Crippen molar-refractivity contribution in [2.75, 3.05) is 11.5 Å². The van der Waals surface area contributed by atoms with Crippen molar-refractivity contribution in [3.63, 3.8) is 0 Å². The molecule has 0 aliphatic carbocycles. The van der Waals surface area contributed by atoms with E-state index in [0.29, 0.717) is 16.9 Å². The van der Waals surface area contributed by atoms with E-state index in [-0.39, 0.29) is 5.75 Å². The van der Waals surface area contributed by atoms with Crippen LogP contribution in [0.1, 0.15) is 11.1 Å². The summed E-state index contributed by atoms with van der Waals surface area (Å²) in [7, 11) is 0. The number of aromatic hydroxyl groups is 1. The van der Waals surface area contributed by atoms with E-state index in [2.05, 4.69) is 0 Å². The van der Waals surface area contributed by atoms with E-state index in [0.717, 1.165) is 5.56 Å². The van der Waals surface area contributed by atoms with Gasteiger partial charge < -0.3 is 16.6 Å². The minimum Gasteiger partial charge on any atom is -0.507 e. The van der Waals surface area contributed by atoms with Gasteiger partial charge in [-0.05, 0) is 25.5 Å². The van der Waals surface area contributed by atoms with Crippen molar-refractivity contribution in [3.8, 4) is 5.75 Å². The van der Waals surface area contributed by atoms with E-state index in [1.54, 1.807) is 19.9 Å². The Morgan fingerprint density at radius 2 is 1.82 bits per heavy atom. The second-order valence-corrected chi connectivity index (χ2v) is 2.67. The molecule has 0 amide bonds. The first-order valence-electron chi connectivity index (χ1n) is 3.38. The predicted molar refractivity (Wildman–Crippen MR) is 46.4 cm³/mol. The fourth-order valence-electron chi connectivity index (χ4n) is 1.02. The molecule has 0 unspecified atom stereocenters. The molecule has 11 heavy (non-hydrogen) atoms. The van der Waals surface area contributed by atoms with Crippen LogP contribution in [0.4, 0.5) is 11.4 Å². The average molecular weight is 152 g/mol. The van der Waals surface area contributed by atoms with Gasteiger partial charge in [-0.2, -0.15) is 0 Å². The maximum atomic E-state index is 9.38. The molecule has 1 rings (SSSR count). The zero-order chi connectivity index (χ0) is 8.59. The van der Waals surface area contributed by atoms with Crippen LogP contribution in [0.3, 0.4) is 0 Å². The van der Waals surface area contributed by atoms with E-state index in [9.17, 15) is 5.11 Å². The number of phenolic OH excluding ortho intramolecular Hbond substituents is 1. The Kier molecular flexibility index (Phi) is 1.64. The molecule has 3 heteroatoms. The zero-order valence-electron chi connectivity index (χ0n) is 6.68. The molecule has 1 aromatic rings. The summed E-state index contributed by atoms with van der Waals surface area (Å²) in [4.78, 5) is 0. The standard InChI is InChI=1S/C8H12N2O/c1-4-3-6(9)7(10)5(2)8(4)11/h3,11H,9-10H2,1-2H3. The van der Waals surface area contributed by atoms with Gasteiger partial charge in [-0.3, -0.25) is 0 Å². The molecule has 0 bridgehead atoms. The quantitative estimate of drug-likeness (QED) is 0.386. The van der Waals surface area contributed by atoms with Crippen LogP contribution < -0.4 is 11.5 Å². The number of nitrogen functional groups attached to an aromatic ring is 2. The summed E-state index contributed by atoms with van der Waals surface area (Å²) >= 11 is 0. The third-order valence-corrected chi connectivity index (χ3v) is 1.82. The highest BCUT2D eigenvalue weighted by Crippen LogP contribution is 2.30. The Morgan fingerprint density at radius 3 is 2.36 bits per heavy atom. The van der Waals surface area contributed by atoms with Crippen molar-refractivity contribution in [2.45, 2.75) is 13.8 Å². The van der Waals surface area contributed by atoms with Crippen molar-refractivity contribution < 1.29 is 5.11 Å². The van der Waals surface area contributed by atoms with E-state index < -0.39 is 0 Å². The number of anilines is 2. The van der Waals surface area contributed by atoms with Crippen LogP contribution in [0.2, 0.25) is 0 Å². The summed E-state index contributed by atoms with van der Waals surface area (Å²) in [6, 6.07) is 1.66. The number of phenols is 1. The summed E-state index contributed by atoms with van der Waals surface area (Å²) in [5.74, 6) is 0.233. The summed E-state index contributed by atoms with van der Waals surface area (Å²) in [5.41, 5.74) is 13.5. The molecule has 60 valence electrons. The first-order chi connectivity index (χ1) is 5.04. The third-order valence-electron chi connectivity index (χ3n) is 1.82. The summed E-state index contributed by atoms with van der Waals surface area (Å²) in [6.45, 7) is 3.53. The smallest absolute Gasteiger partial charge is 0.123 e. The lowest BCUT2D eigenvalue weighted by atomic mass is 10.1. The molecule has 0 radical (unpaired) electrons. The van der Waals surface area contributed by atoms with Crippen molar-refractivity contribution in [1.29, 1.82) is 0 Å². The molecule has 0 heterocycles. The van der Waals surface area contributed by atoms with Crippen molar-refractivity contribution in [3.05, 3.63) is 17.2 Å². The summed E-state index contributed by atoms with van der Waals surface area (Å²) in [6.07, 6.45) is 0. The first kappa shape index (κ1) is 7.72. The first-order valence-corrected chi connectivity index (χ1v) is 3.38. The molecule has 5 N–H and O–H groups in total. The fraction of sp³-hybridized carbons (Fsp3) is 0.250. The molecule has 0 spiro atoms. The number of nitrogens with two attached hydrogens (primary N) is 2. The van der Waals surface area contributed by atoms with Gasteiger partial charge in [-0.15, -0.1) is 0 Å². The molecule has 0 atom stereocenters. The van der Waals surface area contributed by atoms with E-state index in [1.807, 2.05) is 0 Å². The molecule has 0 aliphatic rings. The second-order valence-electron chi connectivity index (χ2n) is 2.67. The maximum absolute atomic E-state index is 9.38. The molecular formula is C8H12N2O. The van der Waals surface area contributed by atoms with Gasteiger partial charge in [0.2, 0.25) is 0 Å². The Labute approximate surface area is 65.6 Å². The van der Waals surface area contributed by atoms with Crippen molar-refractivity contribution in [1.82, 2.24) is 0 Å². The molecule has 0 saturated heterocycles. The molecule has 0 aliphatic heterocycles. The lowest BCUT2D eigenvalue weighted by molar-refractivity contribution is 0.467. The van der Waals surface area contributed by atoms with Gasteiger partial charge in [0.05, 0.1) is 11.4 Å². The summed E-state index contributed by atoms with van der Waals surface area (Å²) in [5, 5.41) is 9.38. The maximum Gasteiger partial charge on any atom is 0.123 e. The normalized spacial score (nSPS) is 10.0. The SMILES string of the molecule is Cc1cc(N)c(N)c(C)c1O. The Bertz CT molecular complexity index is 268. The highest BCUT2D eigenvalue weighted by Gasteiger charge is 2.06. The Balaban J connectivity index is 3.46. The van der Waals surface area contributed by atoms with Crippen LogP contribution in [0, 0.1) is 13.8 Å². The lowest BCUT2D eigenvalue weighted by Crippen LogP contribution is -1.98. The van der Waals surface area contributed by atoms with Gasteiger partial charge in [0.1, 0.15) is 5.75 Å². The number of benzene rings is 1. The van der Waals surface area contributed by atoms with Crippen LogP contribution in [-0.4, -0.2) is 5.11 Å². The largest absolute Gasteiger partial charge is 0.507 e. The summed E-state index contributed by atoms with van der Waals surface area (Å²) < 4.78 is 0. The van der Waals surface area contributed by atoms with Crippen LogP contribution >= 0.6 is 0 Å². The minimum absolute atomic E-state index is 0.233. The molecule has 3 nitrogen and oxygen atoms in total. The van der Waals surface area contributed by atoms with Crippen LogP contribution in [0.15, 0.2) is 6.07 Å². The molecule has 0 saturated carbocycles. The molecule has 0 aromatic heterocycles. The third kappa shape index (κ3) is 1.09. The van der Waals surface area contributed by atoms with E-state index in [4.69, 9.17) is 11.5 Å². The van der Waals surface area contributed by atoms with Gasteiger partial charge in [-0.25, -0.2) is 0 Å². The fourth-order valence-corrected chi connectivity index (χ4v) is 1.02. The van der Waals surface area contributed by atoms with E-state index >= 15 is 0 Å². The number of rotatable bonds is 0. The molecule has 1 aromatic carbocycles. The van der Waals surface area contributed by atoms with Gasteiger partial charge in [-0.1, -0.05) is 0 Å². The van der Waals surface area contributed by atoms with Gasteiger partial charge in [0, 0.05) is 5.56 Å². The highest BCUT2D eigenvalue weighted by atomic mass is 16.3. The monoisotopic (exact) mass is 152 g/mol. The second kappa shape index (κ2) is 2.34. The van der Waals surface area contributed by atoms with Crippen LogP contribution in [0.25, 0.3) is 0 Å². The molecule has 0 fully saturated rings. The van der Waals surface area contributed by atoms with Crippen molar-refractivity contribution in [2.24, 2.45) is 0 Å². The molecular weight excluding hydrogens is 140 g/mol. The topological polar surface area (TPSA) is 72.3 Å². The number of hydrogen-bond donors (Lipinski definition) is 3. The predicted octanol–water partition coefficient (Wildman–Crippen LogP) is 1.17. The van der Waals surface area contributed by atoms with Crippen LogP contribution in [-0.2, 0) is 0 Å². The van der Waals surface area contributed by atoms with Crippen LogP contribution in [0.5, 0.6) is 5.75 Å². The van der Waals surface area contributed by atoms with Crippen molar-refractivity contribution >= 4 is 11.4 Å². The van der Waals surface area contributed by atoms with Gasteiger partial charge in [0.25, 0.3) is 0 Å². The van der Waals surface area contributed by atoms with Gasteiger partial charge >= 0.3 is 0 Å². The lowest BCUT2D eigenvalue weighted by Gasteiger charge is -2.08. The Hall–Kier alpha value is -1.38. The minimum atomic E-state index is 0.233. The number of hydrogen-bond acceptors (Lipinski definition) is 3. The number of aryl methyl sites for hydroxylation is 1. The zero-order valence-corrected chi connectivity index (χ0v) is 6.68.